The summed E-state index contributed by atoms with van der Waals surface area (Å²) in [7, 11) is 0. The van der Waals surface area contributed by atoms with Crippen LogP contribution in [0.3, 0.4) is 0 Å². The summed E-state index contributed by atoms with van der Waals surface area (Å²) in [6, 6.07) is 0.302. The van der Waals surface area contributed by atoms with Crippen molar-refractivity contribution in [2.75, 3.05) is 0 Å². The molecule has 2 fully saturated rings. The van der Waals surface area contributed by atoms with Crippen LogP contribution < -0.4 is 5.73 Å². The van der Waals surface area contributed by atoms with Crippen molar-refractivity contribution in [2.45, 2.75) is 57.0 Å². The Kier molecular flexibility index (Phi) is 2.10. The Balaban J connectivity index is 1.68. The highest BCUT2D eigenvalue weighted by molar-refractivity contribution is 5.11. The number of aryl methyl sites for hydroxylation is 1. The van der Waals surface area contributed by atoms with Gasteiger partial charge in [-0.25, -0.2) is 0 Å². The van der Waals surface area contributed by atoms with E-state index in [2.05, 4.69) is 14.8 Å². The fourth-order valence-corrected chi connectivity index (χ4v) is 4.21. The van der Waals surface area contributed by atoms with Crippen molar-refractivity contribution in [2.24, 2.45) is 17.6 Å². The average Bonchev–Trinajstić information content (AvgIpc) is 3.01. The summed E-state index contributed by atoms with van der Waals surface area (Å²) in [5.74, 6) is 4.95. The smallest absolute Gasteiger partial charge is 0.136 e. The van der Waals surface area contributed by atoms with E-state index in [9.17, 15) is 0 Å². The Morgan fingerprint density at radius 1 is 1.12 bits per heavy atom. The Morgan fingerprint density at radius 3 is 2.82 bits per heavy atom. The van der Waals surface area contributed by atoms with Crippen LogP contribution in [0, 0.1) is 11.8 Å². The largest absolute Gasteiger partial charge is 0.326 e. The minimum absolute atomic E-state index is 0.302. The van der Waals surface area contributed by atoms with E-state index in [1.54, 1.807) is 0 Å². The molecule has 4 atom stereocenters. The van der Waals surface area contributed by atoms with Gasteiger partial charge in [-0.2, -0.15) is 0 Å². The van der Waals surface area contributed by atoms with Crippen LogP contribution >= 0.6 is 0 Å². The molecule has 2 bridgehead atoms. The number of aromatic nitrogens is 3. The topological polar surface area (TPSA) is 56.7 Å². The van der Waals surface area contributed by atoms with Crippen molar-refractivity contribution < 1.29 is 0 Å². The lowest BCUT2D eigenvalue weighted by Crippen LogP contribution is -2.33. The highest BCUT2D eigenvalue weighted by Gasteiger charge is 2.43. The van der Waals surface area contributed by atoms with Crippen molar-refractivity contribution in [1.82, 2.24) is 14.8 Å². The number of nitrogens with zero attached hydrogens (tertiary/aromatic N) is 3. The summed E-state index contributed by atoms with van der Waals surface area (Å²) in [6.07, 6.45) is 7.70. The van der Waals surface area contributed by atoms with Crippen LogP contribution in [0.5, 0.6) is 0 Å². The van der Waals surface area contributed by atoms with Gasteiger partial charge in [0.2, 0.25) is 0 Å². The summed E-state index contributed by atoms with van der Waals surface area (Å²) in [5.41, 5.74) is 6.08. The third-order valence-electron chi connectivity index (χ3n) is 5.08. The molecule has 4 heteroatoms. The molecule has 0 radical (unpaired) electrons. The molecule has 4 unspecified atom stereocenters. The highest BCUT2D eigenvalue weighted by atomic mass is 15.3. The number of fused-ring (bicyclic) bond motifs is 3. The number of rotatable bonds is 1. The van der Waals surface area contributed by atoms with Crippen molar-refractivity contribution in [3.8, 4) is 0 Å². The Bertz CT molecular complexity index is 439. The van der Waals surface area contributed by atoms with Gasteiger partial charge in [0.1, 0.15) is 11.6 Å². The molecule has 1 aromatic rings. The number of hydrogen-bond donors (Lipinski definition) is 1. The molecule has 2 saturated carbocycles. The lowest BCUT2D eigenvalue weighted by atomic mass is 9.88. The van der Waals surface area contributed by atoms with Gasteiger partial charge in [0.05, 0.1) is 0 Å². The monoisotopic (exact) mass is 232 g/mol. The second kappa shape index (κ2) is 3.55. The third-order valence-corrected chi connectivity index (χ3v) is 5.08. The van der Waals surface area contributed by atoms with E-state index in [1.165, 1.54) is 37.3 Å². The maximum Gasteiger partial charge on any atom is 0.136 e. The molecule has 0 amide bonds. The van der Waals surface area contributed by atoms with E-state index in [4.69, 9.17) is 5.73 Å². The molecule has 17 heavy (non-hydrogen) atoms. The Morgan fingerprint density at radius 2 is 2.06 bits per heavy atom. The number of hydrogen-bond acceptors (Lipinski definition) is 3. The first kappa shape index (κ1) is 10.1. The van der Waals surface area contributed by atoms with Gasteiger partial charge in [-0.05, 0) is 37.5 Å². The molecule has 2 N–H and O–H groups in total. The zero-order valence-electron chi connectivity index (χ0n) is 10.2. The quantitative estimate of drug-likeness (QED) is 0.797. The van der Waals surface area contributed by atoms with Gasteiger partial charge in [0.15, 0.2) is 0 Å². The van der Waals surface area contributed by atoms with Crippen LogP contribution in [-0.4, -0.2) is 20.8 Å². The molecule has 0 spiro atoms. The first-order chi connectivity index (χ1) is 8.31. The standard InChI is InChI=1S/C13H20N4/c14-10-3-4-12-15-16-13(17(12)7-10)11-6-8-1-2-9(11)5-8/h8-11H,1-7,14H2. The Labute approximate surface area is 102 Å². The van der Waals surface area contributed by atoms with Crippen LogP contribution in [0.1, 0.15) is 49.7 Å². The van der Waals surface area contributed by atoms with E-state index in [0.29, 0.717) is 12.0 Å². The van der Waals surface area contributed by atoms with Crippen LogP contribution in [0.15, 0.2) is 0 Å². The van der Waals surface area contributed by atoms with E-state index in [-0.39, 0.29) is 0 Å². The van der Waals surface area contributed by atoms with Crippen LogP contribution in [-0.2, 0) is 13.0 Å². The lowest BCUT2D eigenvalue weighted by molar-refractivity contribution is 0.373. The average molecular weight is 232 g/mol. The maximum atomic E-state index is 6.08. The summed E-state index contributed by atoms with van der Waals surface area (Å²) in [5, 5.41) is 8.87. The van der Waals surface area contributed by atoms with Gasteiger partial charge < -0.3 is 10.3 Å². The van der Waals surface area contributed by atoms with Crippen LogP contribution in [0.25, 0.3) is 0 Å². The molecule has 1 aromatic heterocycles. The van der Waals surface area contributed by atoms with E-state index >= 15 is 0 Å². The molecule has 3 aliphatic rings. The van der Waals surface area contributed by atoms with Crippen LogP contribution in [0.4, 0.5) is 0 Å². The molecule has 0 saturated heterocycles. The normalized spacial score (nSPS) is 39.6. The highest BCUT2D eigenvalue weighted by Crippen LogP contribution is 2.52. The summed E-state index contributed by atoms with van der Waals surface area (Å²) < 4.78 is 2.33. The molecule has 2 heterocycles. The van der Waals surface area contributed by atoms with Gasteiger partial charge in [0.25, 0.3) is 0 Å². The summed E-state index contributed by atoms with van der Waals surface area (Å²) in [4.78, 5) is 0. The zero-order chi connectivity index (χ0) is 11.4. The van der Waals surface area contributed by atoms with Crippen molar-refractivity contribution in [3.05, 3.63) is 11.6 Å². The van der Waals surface area contributed by atoms with Crippen molar-refractivity contribution in [3.63, 3.8) is 0 Å². The van der Waals surface area contributed by atoms with E-state index in [0.717, 1.165) is 31.2 Å². The zero-order valence-corrected chi connectivity index (χ0v) is 10.2. The molecule has 2 aliphatic carbocycles. The molecule has 0 aromatic carbocycles. The summed E-state index contributed by atoms with van der Waals surface area (Å²) >= 11 is 0. The van der Waals surface area contributed by atoms with Gasteiger partial charge in [-0.15, -0.1) is 10.2 Å². The predicted molar refractivity (Wildman–Crippen MR) is 64.5 cm³/mol. The van der Waals surface area contributed by atoms with E-state index in [1.807, 2.05) is 0 Å². The molecular formula is C13H20N4. The number of nitrogens with two attached hydrogens (primary N) is 1. The van der Waals surface area contributed by atoms with Crippen molar-refractivity contribution in [1.29, 1.82) is 0 Å². The fourth-order valence-electron chi connectivity index (χ4n) is 4.21. The molecule has 4 nitrogen and oxygen atoms in total. The minimum Gasteiger partial charge on any atom is -0.326 e. The SMILES string of the molecule is NC1CCc2nnc(C3CC4CCC3C4)n2C1. The maximum absolute atomic E-state index is 6.08. The molecule has 1 aliphatic heterocycles. The van der Waals surface area contributed by atoms with Gasteiger partial charge in [0, 0.05) is 24.9 Å². The van der Waals surface area contributed by atoms with E-state index < -0.39 is 0 Å². The first-order valence-electron chi connectivity index (χ1n) is 6.99. The van der Waals surface area contributed by atoms with Gasteiger partial charge in [-0.3, -0.25) is 0 Å². The van der Waals surface area contributed by atoms with Gasteiger partial charge >= 0.3 is 0 Å². The first-order valence-corrected chi connectivity index (χ1v) is 6.99. The second-order valence-corrected chi connectivity index (χ2v) is 6.17. The van der Waals surface area contributed by atoms with Crippen molar-refractivity contribution >= 4 is 0 Å². The molecule has 4 rings (SSSR count). The summed E-state index contributed by atoms with van der Waals surface area (Å²) in [6.45, 7) is 0.936. The molecule has 92 valence electrons. The Hall–Kier alpha value is -0.900. The van der Waals surface area contributed by atoms with Crippen LogP contribution in [0.2, 0.25) is 0 Å². The predicted octanol–water partition coefficient (Wildman–Crippen LogP) is 1.46. The third kappa shape index (κ3) is 1.46. The second-order valence-electron chi connectivity index (χ2n) is 6.17. The van der Waals surface area contributed by atoms with Gasteiger partial charge in [-0.1, -0.05) is 6.42 Å². The fraction of sp³-hybridized carbons (Fsp3) is 0.846. The minimum atomic E-state index is 0.302. The molecular weight excluding hydrogens is 212 g/mol. The lowest BCUT2D eigenvalue weighted by Gasteiger charge is -2.25.